The Hall–Kier alpha value is -1.85. The normalized spacial score (nSPS) is 10.6. The minimum Gasteiger partial charge on any atom is -0.454 e. The fraction of sp³-hybridized carbons (Fsp3) is 0.357. The van der Waals surface area contributed by atoms with Gasteiger partial charge in [-0.25, -0.2) is 0 Å². The molecule has 5 heteroatoms. The zero-order valence-corrected chi connectivity index (χ0v) is 11.3. The summed E-state index contributed by atoms with van der Waals surface area (Å²) in [4.78, 5) is 0. The Morgan fingerprint density at radius 2 is 2.16 bits per heavy atom. The molecule has 0 unspecified atom stereocenters. The summed E-state index contributed by atoms with van der Waals surface area (Å²) in [7, 11) is 3.56. The van der Waals surface area contributed by atoms with Crippen LogP contribution in [0.2, 0.25) is 0 Å². The van der Waals surface area contributed by atoms with Crippen molar-refractivity contribution in [1.29, 1.82) is 0 Å². The van der Waals surface area contributed by atoms with Crippen LogP contribution in [0.1, 0.15) is 5.56 Å². The molecule has 1 aromatic heterocycles. The van der Waals surface area contributed by atoms with Gasteiger partial charge in [0.25, 0.3) is 0 Å². The molecule has 0 aliphatic heterocycles. The quantitative estimate of drug-likeness (QED) is 0.774. The van der Waals surface area contributed by atoms with Gasteiger partial charge in [-0.2, -0.15) is 5.10 Å². The number of hydrogen-bond acceptors (Lipinski definition) is 4. The van der Waals surface area contributed by atoms with Gasteiger partial charge in [0.05, 0.1) is 19.0 Å². The Bertz CT molecular complexity index is 511. The molecule has 0 saturated carbocycles. The predicted octanol–water partition coefficient (Wildman–Crippen LogP) is 1.95. The van der Waals surface area contributed by atoms with Crippen LogP contribution in [0.15, 0.2) is 36.7 Å². The molecule has 0 atom stereocenters. The Balaban J connectivity index is 1.99. The summed E-state index contributed by atoms with van der Waals surface area (Å²) in [6.45, 7) is 2.27. The smallest absolute Gasteiger partial charge is 0.165 e. The van der Waals surface area contributed by atoms with Gasteiger partial charge in [-0.05, 0) is 6.07 Å². The van der Waals surface area contributed by atoms with Gasteiger partial charge in [-0.15, -0.1) is 0 Å². The van der Waals surface area contributed by atoms with Crippen molar-refractivity contribution in [2.24, 2.45) is 7.05 Å². The zero-order valence-electron chi connectivity index (χ0n) is 11.3. The summed E-state index contributed by atoms with van der Waals surface area (Å²) in [5.74, 6) is 1.59. The van der Waals surface area contributed by atoms with Crippen LogP contribution < -0.4 is 10.1 Å². The van der Waals surface area contributed by atoms with Crippen LogP contribution in [-0.4, -0.2) is 30.0 Å². The number of para-hydroxylation sites is 1. The molecule has 2 rings (SSSR count). The molecule has 1 aromatic carbocycles. The highest BCUT2D eigenvalue weighted by molar-refractivity contribution is 5.36. The molecule has 5 nitrogen and oxygen atoms in total. The second-order valence-corrected chi connectivity index (χ2v) is 4.23. The van der Waals surface area contributed by atoms with Gasteiger partial charge < -0.3 is 14.8 Å². The third kappa shape index (κ3) is 4.08. The van der Waals surface area contributed by atoms with Crippen molar-refractivity contribution >= 4 is 0 Å². The molecular formula is C14H19N3O2. The Labute approximate surface area is 113 Å². The van der Waals surface area contributed by atoms with Crippen LogP contribution in [-0.2, 0) is 18.3 Å². The SMILES string of the molecule is COCCNCc1ccccc1Oc1cnn(C)c1. The van der Waals surface area contributed by atoms with Crippen molar-refractivity contribution in [3.8, 4) is 11.5 Å². The third-order valence-electron chi connectivity index (χ3n) is 2.68. The molecule has 1 N–H and O–H groups in total. The predicted molar refractivity (Wildman–Crippen MR) is 73.3 cm³/mol. The van der Waals surface area contributed by atoms with E-state index >= 15 is 0 Å². The van der Waals surface area contributed by atoms with Crippen LogP contribution in [0.25, 0.3) is 0 Å². The van der Waals surface area contributed by atoms with E-state index in [-0.39, 0.29) is 0 Å². The molecule has 0 spiro atoms. The van der Waals surface area contributed by atoms with Crippen molar-refractivity contribution < 1.29 is 9.47 Å². The number of aryl methyl sites for hydroxylation is 1. The maximum absolute atomic E-state index is 5.83. The van der Waals surface area contributed by atoms with E-state index in [1.807, 2.05) is 37.5 Å². The van der Waals surface area contributed by atoms with Crippen molar-refractivity contribution in [2.45, 2.75) is 6.54 Å². The monoisotopic (exact) mass is 261 g/mol. The minimum absolute atomic E-state index is 0.700. The molecule has 2 aromatic rings. The summed E-state index contributed by atoms with van der Waals surface area (Å²) in [5, 5.41) is 7.40. The first kappa shape index (κ1) is 13.6. The van der Waals surface area contributed by atoms with E-state index in [0.29, 0.717) is 6.61 Å². The molecule has 0 fully saturated rings. The molecule has 102 valence electrons. The summed E-state index contributed by atoms with van der Waals surface area (Å²) < 4.78 is 12.6. The number of benzene rings is 1. The van der Waals surface area contributed by atoms with Gasteiger partial charge >= 0.3 is 0 Å². The van der Waals surface area contributed by atoms with E-state index in [0.717, 1.165) is 30.2 Å². The van der Waals surface area contributed by atoms with E-state index < -0.39 is 0 Å². The molecular weight excluding hydrogens is 242 g/mol. The number of aromatic nitrogens is 2. The van der Waals surface area contributed by atoms with Crippen LogP contribution in [0, 0.1) is 0 Å². The van der Waals surface area contributed by atoms with Crippen molar-refractivity contribution in [2.75, 3.05) is 20.3 Å². The average molecular weight is 261 g/mol. The standard InChI is InChI=1S/C14H19N3O2/c1-17-11-13(10-16-17)19-14-6-4-3-5-12(14)9-15-7-8-18-2/h3-6,10-11,15H,7-9H2,1-2H3. The highest BCUT2D eigenvalue weighted by Crippen LogP contribution is 2.24. The number of nitrogens with zero attached hydrogens (tertiary/aromatic N) is 2. The van der Waals surface area contributed by atoms with Gasteiger partial charge in [-0.3, -0.25) is 4.68 Å². The van der Waals surface area contributed by atoms with Gasteiger partial charge in [-0.1, -0.05) is 18.2 Å². The van der Waals surface area contributed by atoms with E-state index in [1.54, 1.807) is 18.0 Å². The third-order valence-corrected chi connectivity index (χ3v) is 2.68. The number of rotatable bonds is 7. The summed E-state index contributed by atoms with van der Waals surface area (Å²) in [6.07, 6.45) is 3.55. The van der Waals surface area contributed by atoms with E-state index in [1.165, 1.54) is 0 Å². The molecule has 0 radical (unpaired) electrons. The van der Waals surface area contributed by atoms with Crippen molar-refractivity contribution in [3.05, 3.63) is 42.2 Å². The minimum atomic E-state index is 0.700. The van der Waals surface area contributed by atoms with Crippen molar-refractivity contribution in [1.82, 2.24) is 15.1 Å². The Morgan fingerprint density at radius 1 is 1.32 bits per heavy atom. The highest BCUT2D eigenvalue weighted by atomic mass is 16.5. The molecule has 1 heterocycles. The lowest BCUT2D eigenvalue weighted by atomic mass is 10.2. The zero-order chi connectivity index (χ0) is 13.5. The second-order valence-electron chi connectivity index (χ2n) is 4.23. The second kappa shape index (κ2) is 6.92. The lowest BCUT2D eigenvalue weighted by Gasteiger charge is -2.10. The van der Waals surface area contributed by atoms with Crippen LogP contribution in [0.5, 0.6) is 11.5 Å². The molecule has 0 bridgehead atoms. The van der Waals surface area contributed by atoms with Gasteiger partial charge in [0.1, 0.15) is 5.75 Å². The first-order valence-electron chi connectivity index (χ1n) is 6.23. The summed E-state index contributed by atoms with van der Waals surface area (Å²) in [5.41, 5.74) is 1.11. The molecule has 19 heavy (non-hydrogen) atoms. The maximum Gasteiger partial charge on any atom is 0.165 e. The lowest BCUT2D eigenvalue weighted by molar-refractivity contribution is 0.199. The van der Waals surface area contributed by atoms with Gasteiger partial charge in [0.15, 0.2) is 5.75 Å². The van der Waals surface area contributed by atoms with Crippen LogP contribution in [0.4, 0.5) is 0 Å². The molecule has 0 aliphatic rings. The van der Waals surface area contributed by atoms with E-state index in [9.17, 15) is 0 Å². The highest BCUT2D eigenvalue weighted by Gasteiger charge is 2.05. The van der Waals surface area contributed by atoms with E-state index in [4.69, 9.17) is 9.47 Å². The molecule has 0 saturated heterocycles. The fourth-order valence-electron chi connectivity index (χ4n) is 1.73. The largest absolute Gasteiger partial charge is 0.454 e. The Morgan fingerprint density at radius 3 is 2.89 bits per heavy atom. The first-order valence-corrected chi connectivity index (χ1v) is 6.23. The molecule has 0 aliphatic carbocycles. The topological polar surface area (TPSA) is 48.3 Å². The van der Waals surface area contributed by atoms with Crippen LogP contribution in [0.3, 0.4) is 0 Å². The number of hydrogen-bond donors (Lipinski definition) is 1. The molecule has 0 amide bonds. The Kier molecular flexibility index (Phi) is 4.94. The van der Waals surface area contributed by atoms with E-state index in [2.05, 4.69) is 10.4 Å². The maximum atomic E-state index is 5.83. The van der Waals surface area contributed by atoms with Crippen molar-refractivity contribution in [3.63, 3.8) is 0 Å². The van der Waals surface area contributed by atoms with Gasteiger partial charge in [0.2, 0.25) is 0 Å². The number of ether oxygens (including phenoxy) is 2. The summed E-state index contributed by atoms with van der Waals surface area (Å²) in [6, 6.07) is 7.97. The first-order chi connectivity index (χ1) is 9.29. The lowest BCUT2D eigenvalue weighted by Crippen LogP contribution is -2.18. The number of methoxy groups -OCH3 is 1. The van der Waals surface area contributed by atoms with Crippen LogP contribution >= 0.6 is 0 Å². The fourth-order valence-corrected chi connectivity index (χ4v) is 1.73. The number of nitrogens with one attached hydrogen (secondary N) is 1. The average Bonchev–Trinajstić information content (AvgIpc) is 2.82. The summed E-state index contributed by atoms with van der Waals surface area (Å²) >= 11 is 0. The van der Waals surface area contributed by atoms with Gasteiger partial charge in [0, 0.05) is 32.8 Å².